The van der Waals surface area contributed by atoms with E-state index in [2.05, 4.69) is 33.0 Å². The summed E-state index contributed by atoms with van der Waals surface area (Å²) in [5.41, 5.74) is 6.24. The van der Waals surface area contributed by atoms with Crippen LogP contribution in [-0.4, -0.2) is 18.5 Å². The number of nitrogens with two attached hydrogens (primary N) is 1. The summed E-state index contributed by atoms with van der Waals surface area (Å²) < 4.78 is 0. The van der Waals surface area contributed by atoms with Crippen LogP contribution in [-0.2, 0) is 4.79 Å². The maximum atomic E-state index is 12.3. The van der Waals surface area contributed by atoms with E-state index in [-0.39, 0.29) is 23.3 Å². The van der Waals surface area contributed by atoms with Gasteiger partial charge in [-0.15, -0.1) is 0 Å². The van der Waals surface area contributed by atoms with Gasteiger partial charge in [0.15, 0.2) is 0 Å². The smallest absolute Gasteiger partial charge is 0.223 e. The van der Waals surface area contributed by atoms with Crippen LogP contribution in [0.5, 0.6) is 0 Å². The van der Waals surface area contributed by atoms with E-state index in [1.165, 1.54) is 25.7 Å². The summed E-state index contributed by atoms with van der Waals surface area (Å²) in [6.07, 6.45) is 7.88. The predicted octanol–water partition coefficient (Wildman–Crippen LogP) is 3.47. The summed E-state index contributed by atoms with van der Waals surface area (Å²) in [4.78, 5) is 12.3. The molecule has 0 aliphatic heterocycles. The molecule has 0 aromatic heterocycles. The lowest BCUT2D eigenvalue weighted by Gasteiger charge is -2.32. The molecule has 1 aliphatic carbocycles. The van der Waals surface area contributed by atoms with E-state index >= 15 is 0 Å². The highest BCUT2D eigenvalue weighted by Gasteiger charge is 2.30. The van der Waals surface area contributed by atoms with Crippen LogP contribution in [0.15, 0.2) is 0 Å². The molecule has 3 nitrogen and oxygen atoms in total. The molecule has 1 saturated carbocycles. The van der Waals surface area contributed by atoms with Crippen LogP contribution in [0.4, 0.5) is 0 Å². The van der Waals surface area contributed by atoms with Crippen LogP contribution >= 0.6 is 0 Å². The van der Waals surface area contributed by atoms with Crippen molar-refractivity contribution >= 4 is 5.91 Å². The third-order valence-corrected chi connectivity index (χ3v) is 4.55. The first kappa shape index (κ1) is 17.5. The number of amides is 1. The third-order valence-electron chi connectivity index (χ3n) is 4.55. The molecule has 1 fully saturated rings. The Labute approximate surface area is 125 Å². The molecule has 0 aromatic rings. The van der Waals surface area contributed by atoms with Crippen LogP contribution in [0.1, 0.15) is 72.6 Å². The summed E-state index contributed by atoms with van der Waals surface area (Å²) in [5, 5.41) is 3.17. The van der Waals surface area contributed by atoms with E-state index in [1.54, 1.807) is 0 Å². The van der Waals surface area contributed by atoms with Crippen molar-refractivity contribution in [1.29, 1.82) is 0 Å². The van der Waals surface area contributed by atoms with Crippen molar-refractivity contribution in [2.24, 2.45) is 23.0 Å². The van der Waals surface area contributed by atoms with Crippen LogP contribution in [0.3, 0.4) is 0 Å². The van der Waals surface area contributed by atoms with E-state index in [1.807, 2.05) is 0 Å². The number of nitrogens with one attached hydrogen (secondary N) is 1. The monoisotopic (exact) mass is 282 g/mol. The average Bonchev–Trinajstić information content (AvgIpc) is 2.35. The Balaban J connectivity index is 2.34. The van der Waals surface area contributed by atoms with Crippen molar-refractivity contribution in [3.63, 3.8) is 0 Å². The number of hydrogen-bond acceptors (Lipinski definition) is 2. The predicted molar refractivity (Wildman–Crippen MR) is 85.4 cm³/mol. The van der Waals surface area contributed by atoms with Crippen LogP contribution in [0, 0.1) is 17.3 Å². The van der Waals surface area contributed by atoms with Crippen molar-refractivity contribution in [3.8, 4) is 0 Å². The fraction of sp³-hybridized carbons (Fsp3) is 0.941. The van der Waals surface area contributed by atoms with E-state index in [9.17, 15) is 4.79 Å². The molecule has 0 heterocycles. The van der Waals surface area contributed by atoms with Gasteiger partial charge in [0.2, 0.25) is 5.91 Å². The van der Waals surface area contributed by atoms with Gasteiger partial charge in [-0.25, -0.2) is 0 Å². The number of unbranched alkanes of at least 4 members (excludes halogenated alkanes) is 2. The normalized spacial score (nSPS) is 27.4. The number of carbonyl (C=O) groups is 1. The highest BCUT2D eigenvalue weighted by Crippen LogP contribution is 2.29. The number of rotatable bonds is 7. The van der Waals surface area contributed by atoms with E-state index in [4.69, 9.17) is 5.73 Å². The summed E-state index contributed by atoms with van der Waals surface area (Å²) in [7, 11) is 0. The second-order valence-corrected chi connectivity index (χ2v) is 7.61. The van der Waals surface area contributed by atoms with Crippen molar-refractivity contribution in [2.45, 2.75) is 78.7 Å². The molecule has 0 bridgehead atoms. The Morgan fingerprint density at radius 3 is 2.55 bits per heavy atom. The van der Waals surface area contributed by atoms with Gasteiger partial charge in [0.25, 0.3) is 0 Å². The van der Waals surface area contributed by atoms with Crippen molar-refractivity contribution in [2.75, 3.05) is 6.54 Å². The van der Waals surface area contributed by atoms with Crippen LogP contribution in [0.25, 0.3) is 0 Å². The lowest BCUT2D eigenvalue weighted by atomic mass is 9.79. The second-order valence-electron chi connectivity index (χ2n) is 7.61. The minimum atomic E-state index is 0.125. The average molecular weight is 282 g/mol. The molecule has 3 unspecified atom stereocenters. The summed E-state index contributed by atoms with van der Waals surface area (Å²) in [6, 6.07) is 0.201. The molecule has 1 rings (SSSR count). The molecule has 3 heteroatoms. The second kappa shape index (κ2) is 8.02. The summed E-state index contributed by atoms with van der Waals surface area (Å²) in [5.74, 6) is 0.919. The molecule has 0 spiro atoms. The van der Waals surface area contributed by atoms with Gasteiger partial charge < -0.3 is 11.1 Å². The molecule has 0 saturated heterocycles. The van der Waals surface area contributed by atoms with Gasteiger partial charge in [0, 0.05) is 18.5 Å². The lowest BCUT2D eigenvalue weighted by molar-refractivity contribution is -0.127. The SMILES string of the molecule is CCCCCC(C)(C)CNC(=O)C1CC(C)CC(N)C1. The van der Waals surface area contributed by atoms with E-state index in [0.29, 0.717) is 5.92 Å². The quantitative estimate of drug-likeness (QED) is 0.702. The molecule has 118 valence electrons. The van der Waals surface area contributed by atoms with E-state index in [0.717, 1.165) is 25.8 Å². The molecule has 3 atom stereocenters. The van der Waals surface area contributed by atoms with E-state index < -0.39 is 0 Å². The van der Waals surface area contributed by atoms with Crippen molar-refractivity contribution in [3.05, 3.63) is 0 Å². The lowest BCUT2D eigenvalue weighted by Crippen LogP contribution is -2.42. The minimum absolute atomic E-state index is 0.125. The van der Waals surface area contributed by atoms with Gasteiger partial charge in [-0.2, -0.15) is 0 Å². The Kier molecular flexibility index (Phi) is 7.01. The first-order valence-corrected chi connectivity index (χ1v) is 8.37. The Hall–Kier alpha value is -0.570. The summed E-state index contributed by atoms with van der Waals surface area (Å²) >= 11 is 0. The summed E-state index contributed by atoms with van der Waals surface area (Å²) in [6.45, 7) is 9.71. The molecule has 0 radical (unpaired) electrons. The maximum Gasteiger partial charge on any atom is 0.223 e. The Bertz CT molecular complexity index is 291. The first-order valence-electron chi connectivity index (χ1n) is 8.37. The fourth-order valence-electron chi connectivity index (χ4n) is 3.28. The number of hydrogen-bond donors (Lipinski definition) is 2. The molecule has 3 N–H and O–H groups in total. The standard InChI is InChI=1S/C17H34N2O/c1-5-6-7-8-17(3,4)12-19-16(20)14-9-13(2)10-15(18)11-14/h13-15H,5-12,18H2,1-4H3,(H,19,20). The Morgan fingerprint density at radius 1 is 1.25 bits per heavy atom. The zero-order chi connectivity index (χ0) is 15.2. The van der Waals surface area contributed by atoms with Gasteiger partial charge in [-0.1, -0.05) is 47.0 Å². The van der Waals surface area contributed by atoms with Crippen molar-refractivity contribution < 1.29 is 4.79 Å². The van der Waals surface area contributed by atoms with Gasteiger partial charge in [-0.3, -0.25) is 4.79 Å². The van der Waals surface area contributed by atoms with Crippen LogP contribution in [0.2, 0.25) is 0 Å². The largest absolute Gasteiger partial charge is 0.355 e. The van der Waals surface area contributed by atoms with Gasteiger partial charge >= 0.3 is 0 Å². The third kappa shape index (κ3) is 6.25. The zero-order valence-corrected chi connectivity index (χ0v) is 13.9. The first-order chi connectivity index (χ1) is 9.34. The van der Waals surface area contributed by atoms with Crippen LogP contribution < -0.4 is 11.1 Å². The minimum Gasteiger partial charge on any atom is -0.355 e. The topological polar surface area (TPSA) is 55.1 Å². The molecule has 1 aliphatic rings. The Morgan fingerprint density at radius 2 is 1.95 bits per heavy atom. The maximum absolute atomic E-state index is 12.3. The van der Waals surface area contributed by atoms with Crippen molar-refractivity contribution in [1.82, 2.24) is 5.32 Å². The molecular formula is C17H34N2O. The zero-order valence-electron chi connectivity index (χ0n) is 13.9. The van der Waals surface area contributed by atoms with Gasteiger partial charge in [0.1, 0.15) is 0 Å². The highest BCUT2D eigenvalue weighted by atomic mass is 16.1. The highest BCUT2D eigenvalue weighted by molar-refractivity contribution is 5.78. The van der Waals surface area contributed by atoms with Gasteiger partial charge in [-0.05, 0) is 37.0 Å². The fourth-order valence-corrected chi connectivity index (χ4v) is 3.28. The molecule has 1 amide bonds. The molecule has 0 aromatic carbocycles. The molecular weight excluding hydrogens is 248 g/mol. The van der Waals surface area contributed by atoms with Gasteiger partial charge in [0.05, 0.1) is 0 Å². The number of carbonyl (C=O) groups excluding carboxylic acids is 1. The molecule has 20 heavy (non-hydrogen) atoms.